The maximum atomic E-state index is 11.4. The molecule has 4 nitrogen and oxygen atoms in total. The lowest BCUT2D eigenvalue weighted by Crippen LogP contribution is -2.35. The topological polar surface area (TPSA) is 52.6 Å². The van der Waals surface area contributed by atoms with E-state index in [1.54, 1.807) is 0 Å². The number of carbonyl (C=O) groups excluding carboxylic acids is 2. The Labute approximate surface area is 87.2 Å². The second-order valence-corrected chi connectivity index (χ2v) is 4.51. The first-order valence-electron chi connectivity index (χ1n) is 5.24. The number of fused-ring (bicyclic) bond motifs is 1. The third-order valence-electron chi connectivity index (χ3n) is 3.83. The van der Waals surface area contributed by atoms with Crippen molar-refractivity contribution in [3.05, 3.63) is 12.7 Å². The van der Waals surface area contributed by atoms with Gasteiger partial charge in [0, 0.05) is 17.9 Å². The van der Waals surface area contributed by atoms with Crippen LogP contribution < -0.4 is 0 Å². The number of hydrogen-bond donors (Lipinski definition) is 0. The summed E-state index contributed by atoms with van der Waals surface area (Å²) < 4.78 is 10.5. The first-order chi connectivity index (χ1) is 7.20. The van der Waals surface area contributed by atoms with Crippen LogP contribution in [0.25, 0.3) is 0 Å². The first-order valence-corrected chi connectivity index (χ1v) is 5.24. The van der Waals surface area contributed by atoms with Gasteiger partial charge in [-0.15, -0.1) is 0 Å². The molecule has 2 bridgehead atoms. The van der Waals surface area contributed by atoms with E-state index < -0.39 is 5.97 Å². The predicted molar refractivity (Wildman–Crippen MR) is 49.7 cm³/mol. The summed E-state index contributed by atoms with van der Waals surface area (Å²) in [6, 6.07) is 0. The van der Waals surface area contributed by atoms with Gasteiger partial charge < -0.3 is 9.47 Å². The summed E-state index contributed by atoms with van der Waals surface area (Å²) in [5, 5.41) is 0. The maximum Gasteiger partial charge on any atom is 0.330 e. The molecule has 2 saturated carbocycles. The van der Waals surface area contributed by atoms with Crippen molar-refractivity contribution < 1.29 is 19.1 Å². The van der Waals surface area contributed by atoms with Gasteiger partial charge in [0.2, 0.25) is 0 Å². The van der Waals surface area contributed by atoms with Crippen molar-refractivity contribution in [2.75, 3.05) is 0 Å². The van der Waals surface area contributed by atoms with Gasteiger partial charge in [0.15, 0.2) is 0 Å². The first kappa shape index (κ1) is 8.95. The van der Waals surface area contributed by atoms with Gasteiger partial charge >= 0.3 is 11.9 Å². The Kier molecular flexibility index (Phi) is 1.69. The van der Waals surface area contributed by atoms with Crippen LogP contribution in [0.15, 0.2) is 12.7 Å². The lowest BCUT2D eigenvalue weighted by molar-refractivity contribution is -0.157. The monoisotopic (exact) mass is 208 g/mol. The standard InChI is InChI=1S/C11H12O4/c1-2-8(12)14-9-5-3-6-7(4-5)11(13)15-10(6)9/h2,5-7,9-10H,1,3-4H2/t5-,6+,7?,9?,10?/m0/s1. The van der Waals surface area contributed by atoms with E-state index in [0.717, 1.165) is 18.9 Å². The Hall–Kier alpha value is -1.32. The fourth-order valence-corrected chi connectivity index (χ4v) is 3.25. The normalized spacial score (nSPS) is 45.3. The lowest BCUT2D eigenvalue weighted by atomic mass is 9.88. The second kappa shape index (κ2) is 2.84. The van der Waals surface area contributed by atoms with Crippen molar-refractivity contribution in [3.8, 4) is 0 Å². The highest BCUT2D eigenvalue weighted by Crippen LogP contribution is 2.55. The summed E-state index contributed by atoms with van der Waals surface area (Å²) >= 11 is 0. The number of rotatable bonds is 2. The molecule has 4 heteroatoms. The summed E-state index contributed by atoms with van der Waals surface area (Å²) in [5.74, 6) is 0.126. The largest absolute Gasteiger partial charge is 0.458 e. The van der Waals surface area contributed by atoms with Gasteiger partial charge in [-0.2, -0.15) is 0 Å². The molecule has 1 saturated heterocycles. The van der Waals surface area contributed by atoms with Gasteiger partial charge in [0.05, 0.1) is 5.92 Å². The third kappa shape index (κ3) is 1.07. The van der Waals surface area contributed by atoms with Crippen molar-refractivity contribution in [1.82, 2.24) is 0 Å². The molecule has 2 aliphatic carbocycles. The Morgan fingerprint density at radius 2 is 2.33 bits per heavy atom. The number of carbonyl (C=O) groups is 2. The van der Waals surface area contributed by atoms with Gasteiger partial charge in [-0.1, -0.05) is 6.58 Å². The molecule has 3 rings (SSSR count). The summed E-state index contributed by atoms with van der Waals surface area (Å²) in [6.07, 6.45) is 2.50. The Morgan fingerprint density at radius 3 is 3.07 bits per heavy atom. The van der Waals surface area contributed by atoms with Gasteiger partial charge in [-0.3, -0.25) is 4.79 Å². The van der Waals surface area contributed by atoms with Crippen molar-refractivity contribution >= 4 is 11.9 Å². The minimum atomic E-state index is -0.424. The zero-order valence-corrected chi connectivity index (χ0v) is 8.22. The van der Waals surface area contributed by atoms with Crippen LogP contribution in [0.1, 0.15) is 12.8 Å². The maximum absolute atomic E-state index is 11.4. The van der Waals surface area contributed by atoms with Gasteiger partial charge in [-0.05, 0) is 12.8 Å². The molecule has 3 unspecified atom stereocenters. The molecule has 15 heavy (non-hydrogen) atoms. The molecular weight excluding hydrogens is 196 g/mol. The van der Waals surface area contributed by atoms with Crippen LogP contribution in [0.5, 0.6) is 0 Å². The molecular formula is C11H12O4. The minimum absolute atomic E-state index is 0.0682. The number of hydrogen-bond acceptors (Lipinski definition) is 4. The second-order valence-electron chi connectivity index (χ2n) is 4.51. The van der Waals surface area contributed by atoms with Crippen LogP contribution in [0.3, 0.4) is 0 Å². The van der Waals surface area contributed by atoms with Crippen LogP contribution in [0.4, 0.5) is 0 Å². The fourth-order valence-electron chi connectivity index (χ4n) is 3.25. The van der Waals surface area contributed by atoms with Crippen molar-refractivity contribution in [2.24, 2.45) is 17.8 Å². The molecule has 3 fully saturated rings. The molecule has 0 amide bonds. The SMILES string of the molecule is C=CC(=O)OC1C2OC(=O)C3C[C@@H]1C[C@H]32. The molecule has 80 valence electrons. The quantitative estimate of drug-likeness (QED) is 0.494. The summed E-state index contributed by atoms with van der Waals surface area (Å²) in [6.45, 7) is 3.36. The van der Waals surface area contributed by atoms with Crippen LogP contribution >= 0.6 is 0 Å². The predicted octanol–water partition coefficient (Wildman–Crippen LogP) is 0.666. The molecule has 1 heterocycles. The summed E-state index contributed by atoms with van der Waals surface area (Å²) in [4.78, 5) is 22.5. The average Bonchev–Trinajstić information content (AvgIpc) is 2.81. The van der Waals surface area contributed by atoms with E-state index in [1.807, 2.05) is 0 Å². The van der Waals surface area contributed by atoms with Gasteiger partial charge in [0.1, 0.15) is 12.2 Å². The lowest BCUT2D eigenvalue weighted by Gasteiger charge is -2.24. The summed E-state index contributed by atoms with van der Waals surface area (Å²) in [7, 11) is 0. The number of ether oxygens (including phenoxy) is 2. The van der Waals surface area contributed by atoms with Gasteiger partial charge in [0.25, 0.3) is 0 Å². The van der Waals surface area contributed by atoms with E-state index in [0.29, 0.717) is 5.92 Å². The van der Waals surface area contributed by atoms with Crippen LogP contribution in [-0.2, 0) is 19.1 Å². The van der Waals surface area contributed by atoms with E-state index in [-0.39, 0.29) is 30.0 Å². The fraction of sp³-hybridized carbons (Fsp3) is 0.636. The van der Waals surface area contributed by atoms with E-state index >= 15 is 0 Å². The molecule has 0 radical (unpaired) electrons. The Morgan fingerprint density at radius 1 is 1.53 bits per heavy atom. The molecule has 5 atom stereocenters. The highest BCUT2D eigenvalue weighted by atomic mass is 16.6. The van der Waals surface area contributed by atoms with Crippen LogP contribution in [-0.4, -0.2) is 24.1 Å². The smallest absolute Gasteiger partial charge is 0.330 e. The molecule has 3 aliphatic rings. The van der Waals surface area contributed by atoms with Crippen LogP contribution in [0.2, 0.25) is 0 Å². The highest BCUT2D eigenvalue weighted by Gasteiger charge is 2.63. The number of esters is 2. The molecule has 0 N–H and O–H groups in total. The highest BCUT2D eigenvalue weighted by molar-refractivity contribution is 5.82. The zero-order chi connectivity index (χ0) is 10.6. The van der Waals surface area contributed by atoms with Gasteiger partial charge in [-0.25, -0.2) is 4.79 Å². The Bertz CT molecular complexity index is 348. The molecule has 0 aromatic carbocycles. The van der Waals surface area contributed by atoms with Crippen molar-refractivity contribution in [1.29, 1.82) is 0 Å². The van der Waals surface area contributed by atoms with Crippen LogP contribution in [0, 0.1) is 17.8 Å². The van der Waals surface area contributed by atoms with Crippen molar-refractivity contribution in [2.45, 2.75) is 25.0 Å². The Balaban J connectivity index is 1.80. The van der Waals surface area contributed by atoms with E-state index in [9.17, 15) is 9.59 Å². The average molecular weight is 208 g/mol. The molecule has 0 spiro atoms. The molecule has 0 aromatic heterocycles. The van der Waals surface area contributed by atoms with E-state index in [4.69, 9.17) is 9.47 Å². The molecule has 1 aliphatic heterocycles. The van der Waals surface area contributed by atoms with E-state index in [2.05, 4.69) is 6.58 Å². The van der Waals surface area contributed by atoms with Crippen molar-refractivity contribution in [3.63, 3.8) is 0 Å². The minimum Gasteiger partial charge on any atom is -0.458 e. The zero-order valence-electron chi connectivity index (χ0n) is 8.22. The molecule has 0 aromatic rings. The third-order valence-corrected chi connectivity index (χ3v) is 3.83. The van der Waals surface area contributed by atoms with E-state index in [1.165, 1.54) is 0 Å². The summed E-state index contributed by atoms with van der Waals surface area (Å²) in [5.41, 5.74) is 0.